The van der Waals surface area contributed by atoms with Crippen LogP contribution in [0.3, 0.4) is 0 Å². The normalized spacial score (nSPS) is 16.6. The fourth-order valence-electron chi connectivity index (χ4n) is 2.67. The summed E-state index contributed by atoms with van der Waals surface area (Å²) in [6.07, 6.45) is 0.758. The Morgan fingerprint density at radius 1 is 1.33 bits per heavy atom. The smallest absolute Gasteiger partial charge is 0.257 e. The van der Waals surface area contributed by atoms with E-state index in [9.17, 15) is 18.4 Å². The number of aromatic amines is 1. The number of hydrogen-bond donors (Lipinski definition) is 2. The summed E-state index contributed by atoms with van der Waals surface area (Å²) in [7, 11) is 0. The Labute approximate surface area is 140 Å². The average molecular weight is 351 g/mol. The molecule has 0 saturated carbocycles. The Morgan fingerprint density at radius 3 is 2.88 bits per heavy atom. The Balaban J connectivity index is 2.11. The first-order valence-corrected chi connectivity index (χ1v) is 8.50. The first-order valence-electron chi connectivity index (χ1n) is 7.51. The van der Waals surface area contributed by atoms with Crippen molar-refractivity contribution in [2.75, 3.05) is 11.1 Å². The van der Waals surface area contributed by atoms with Crippen LogP contribution >= 0.6 is 11.8 Å². The molecule has 0 radical (unpaired) electrons. The molecule has 2 N–H and O–H groups in total. The summed E-state index contributed by atoms with van der Waals surface area (Å²) in [5.74, 6) is -1.67. The molecule has 24 heavy (non-hydrogen) atoms. The molecule has 1 aromatic heterocycles. The number of halogens is 2. The van der Waals surface area contributed by atoms with Crippen molar-refractivity contribution in [1.82, 2.24) is 9.97 Å². The van der Waals surface area contributed by atoms with E-state index in [0.717, 1.165) is 30.4 Å². The average Bonchev–Trinajstić information content (AvgIpc) is 2.54. The highest BCUT2D eigenvalue weighted by molar-refractivity contribution is 7.99. The third kappa shape index (κ3) is 3.19. The van der Waals surface area contributed by atoms with Gasteiger partial charge in [0.05, 0.1) is 5.56 Å². The van der Waals surface area contributed by atoms with Crippen molar-refractivity contribution in [3.05, 3.63) is 51.3 Å². The van der Waals surface area contributed by atoms with Crippen LogP contribution in [0.5, 0.6) is 0 Å². The monoisotopic (exact) mass is 351 g/mol. The second kappa shape index (κ2) is 6.72. The Hall–Kier alpha value is -2.22. The topological polar surface area (TPSA) is 74.8 Å². The number of nitrogens with zero attached hydrogens (tertiary/aromatic N) is 1. The molecule has 1 amide bonds. The van der Waals surface area contributed by atoms with E-state index in [4.69, 9.17) is 0 Å². The second-order valence-electron chi connectivity index (χ2n) is 5.45. The Bertz CT molecular complexity index is 854. The van der Waals surface area contributed by atoms with Gasteiger partial charge in [0, 0.05) is 18.1 Å². The summed E-state index contributed by atoms with van der Waals surface area (Å²) in [4.78, 5) is 31.3. The number of rotatable bonds is 4. The van der Waals surface area contributed by atoms with E-state index >= 15 is 0 Å². The van der Waals surface area contributed by atoms with Gasteiger partial charge in [-0.3, -0.25) is 9.59 Å². The van der Waals surface area contributed by atoms with Crippen molar-refractivity contribution in [3.8, 4) is 0 Å². The molecule has 1 unspecified atom stereocenters. The number of aromatic nitrogens is 2. The summed E-state index contributed by atoms with van der Waals surface area (Å²) >= 11 is 1.36. The van der Waals surface area contributed by atoms with Gasteiger partial charge in [-0.25, -0.2) is 13.8 Å². The Morgan fingerprint density at radius 2 is 2.12 bits per heavy atom. The molecule has 126 valence electrons. The van der Waals surface area contributed by atoms with E-state index in [-0.39, 0.29) is 29.3 Å². The molecular formula is C16H15F2N3O2S. The maximum Gasteiger partial charge on any atom is 0.257 e. The number of carbonyl (C=O) groups is 1. The molecule has 0 saturated heterocycles. The van der Waals surface area contributed by atoms with E-state index in [0.29, 0.717) is 5.16 Å². The van der Waals surface area contributed by atoms with E-state index in [1.165, 1.54) is 11.8 Å². The van der Waals surface area contributed by atoms with Crippen molar-refractivity contribution in [3.63, 3.8) is 0 Å². The number of anilines is 1. The van der Waals surface area contributed by atoms with Crippen LogP contribution in [0, 0.1) is 11.6 Å². The SMILES string of the molecule is CCCSc1nc2c(c(=O)[nH]1)C(c1cc(F)ccc1F)CC(=O)N2. The van der Waals surface area contributed by atoms with Gasteiger partial charge >= 0.3 is 0 Å². The van der Waals surface area contributed by atoms with Crippen molar-refractivity contribution in [1.29, 1.82) is 0 Å². The van der Waals surface area contributed by atoms with Crippen molar-refractivity contribution in [2.24, 2.45) is 0 Å². The lowest BCUT2D eigenvalue weighted by atomic mass is 9.86. The first-order chi connectivity index (χ1) is 11.5. The molecule has 1 aromatic carbocycles. The molecule has 0 spiro atoms. The van der Waals surface area contributed by atoms with E-state index in [1.807, 2.05) is 6.92 Å². The second-order valence-corrected chi connectivity index (χ2v) is 6.54. The summed E-state index contributed by atoms with van der Waals surface area (Å²) in [5.41, 5.74) is -0.320. The molecule has 0 fully saturated rings. The number of H-pyrrole nitrogens is 1. The number of thioether (sulfide) groups is 1. The minimum absolute atomic E-state index is 0.0210. The summed E-state index contributed by atoms with van der Waals surface area (Å²) in [5, 5.41) is 2.94. The molecule has 2 aromatic rings. The number of fused-ring (bicyclic) bond motifs is 1. The third-order valence-electron chi connectivity index (χ3n) is 3.71. The summed E-state index contributed by atoms with van der Waals surface area (Å²) < 4.78 is 27.6. The zero-order valence-electron chi connectivity index (χ0n) is 12.9. The van der Waals surface area contributed by atoms with E-state index in [1.54, 1.807) is 0 Å². The van der Waals surface area contributed by atoms with Crippen LogP contribution in [0.1, 0.15) is 36.8 Å². The lowest BCUT2D eigenvalue weighted by Crippen LogP contribution is -2.31. The number of hydrogen-bond acceptors (Lipinski definition) is 4. The van der Waals surface area contributed by atoms with E-state index < -0.39 is 23.1 Å². The van der Waals surface area contributed by atoms with Gasteiger partial charge in [0.15, 0.2) is 5.16 Å². The number of benzene rings is 1. The summed E-state index contributed by atoms with van der Waals surface area (Å²) in [6.45, 7) is 1.99. The molecule has 0 aliphatic carbocycles. The van der Waals surface area contributed by atoms with Gasteiger partial charge in [0.2, 0.25) is 5.91 Å². The third-order valence-corrected chi connectivity index (χ3v) is 4.78. The molecular weight excluding hydrogens is 336 g/mol. The van der Waals surface area contributed by atoms with E-state index in [2.05, 4.69) is 15.3 Å². The molecule has 0 bridgehead atoms. The molecule has 1 aliphatic heterocycles. The zero-order valence-corrected chi connectivity index (χ0v) is 13.7. The van der Waals surface area contributed by atoms with Crippen LogP contribution in [0.4, 0.5) is 14.6 Å². The van der Waals surface area contributed by atoms with Crippen molar-refractivity contribution >= 4 is 23.5 Å². The predicted molar refractivity (Wildman–Crippen MR) is 87.3 cm³/mol. The van der Waals surface area contributed by atoms with Crippen molar-refractivity contribution < 1.29 is 13.6 Å². The Kier molecular flexibility index (Phi) is 4.66. The number of carbonyl (C=O) groups excluding carboxylic acids is 1. The van der Waals surface area contributed by atoms with Gasteiger partial charge in [-0.1, -0.05) is 18.7 Å². The van der Waals surface area contributed by atoms with Crippen LogP contribution in [0.25, 0.3) is 0 Å². The quantitative estimate of drug-likeness (QED) is 0.656. The maximum atomic E-state index is 14.1. The number of amides is 1. The largest absolute Gasteiger partial charge is 0.310 e. The van der Waals surface area contributed by atoms with Crippen LogP contribution in [-0.2, 0) is 4.79 Å². The van der Waals surface area contributed by atoms with Crippen LogP contribution < -0.4 is 10.9 Å². The lowest BCUT2D eigenvalue weighted by molar-refractivity contribution is -0.116. The van der Waals surface area contributed by atoms with Crippen LogP contribution in [-0.4, -0.2) is 21.6 Å². The van der Waals surface area contributed by atoms with Crippen molar-refractivity contribution in [2.45, 2.75) is 30.8 Å². The lowest BCUT2D eigenvalue weighted by Gasteiger charge is -2.24. The highest BCUT2D eigenvalue weighted by Gasteiger charge is 2.32. The minimum atomic E-state index is -0.870. The molecule has 8 heteroatoms. The maximum absolute atomic E-state index is 14.1. The first kappa shape index (κ1) is 16.6. The molecule has 3 rings (SSSR count). The summed E-state index contributed by atoms with van der Waals surface area (Å²) in [6, 6.07) is 3.00. The molecule has 1 atom stereocenters. The fraction of sp³-hybridized carbons (Fsp3) is 0.312. The van der Waals surface area contributed by atoms with Gasteiger partial charge < -0.3 is 10.3 Å². The highest BCUT2D eigenvalue weighted by Crippen LogP contribution is 2.35. The van der Waals surface area contributed by atoms with Gasteiger partial charge in [0.25, 0.3) is 5.56 Å². The zero-order chi connectivity index (χ0) is 17.3. The van der Waals surface area contributed by atoms with Gasteiger partial charge in [0.1, 0.15) is 17.5 Å². The molecule has 2 heterocycles. The van der Waals surface area contributed by atoms with Crippen LogP contribution in [0.15, 0.2) is 28.2 Å². The van der Waals surface area contributed by atoms with Gasteiger partial charge in [-0.15, -0.1) is 0 Å². The minimum Gasteiger partial charge on any atom is -0.310 e. The number of nitrogens with one attached hydrogen (secondary N) is 2. The predicted octanol–water partition coefficient (Wildman–Crippen LogP) is 3.02. The van der Waals surface area contributed by atoms with Gasteiger partial charge in [-0.05, 0) is 30.2 Å². The molecule has 1 aliphatic rings. The van der Waals surface area contributed by atoms with Gasteiger partial charge in [-0.2, -0.15) is 0 Å². The molecule has 5 nitrogen and oxygen atoms in total. The highest BCUT2D eigenvalue weighted by atomic mass is 32.2. The van der Waals surface area contributed by atoms with Crippen LogP contribution in [0.2, 0.25) is 0 Å². The standard InChI is InChI=1S/C16H15F2N3O2S/c1-2-5-24-16-20-14-13(15(23)21-16)10(7-12(22)19-14)9-6-8(17)3-4-11(9)18/h3-4,6,10H,2,5,7H2,1H3,(H2,19,20,21,22,23). The fourth-order valence-corrected chi connectivity index (χ4v) is 3.38.